The molecule has 8 heteroatoms. The molecule has 2 aromatic carbocycles. The summed E-state index contributed by atoms with van der Waals surface area (Å²) in [7, 11) is 2.96. The predicted molar refractivity (Wildman–Crippen MR) is 112 cm³/mol. The van der Waals surface area contributed by atoms with E-state index in [1.54, 1.807) is 43.5 Å². The molecule has 0 spiro atoms. The number of likely N-dealkylation sites (tertiary alicyclic amines) is 1. The lowest BCUT2D eigenvalue weighted by Crippen LogP contribution is -2.31. The monoisotopic (exact) mass is 431 g/mol. The van der Waals surface area contributed by atoms with E-state index >= 15 is 0 Å². The van der Waals surface area contributed by atoms with E-state index in [4.69, 9.17) is 21.1 Å². The average molecular weight is 432 g/mol. The number of Topliss-reactive ketones (excluding diaryl/α,β-unsaturated/α-hetero) is 1. The number of halogens is 1. The van der Waals surface area contributed by atoms with Crippen molar-refractivity contribution < 1.29 is 29.3 Å². The second-order valence-corrected chi connectivity index (χ2v) is 7.21. The number of nitrogens with zero attached hydrogens (tertiary/aromatic N) is 1. The summed E-state index contributed by atoms with van der Waals surface area (Å²) in [6, 6.07) is 10.0. The molecule has 7 nitrogen and oxygen atoms in total. The van der Waals surface area contributed by atoms with Gasteiger partial charge in [0, 0.05) is 30.8 Å². The van der Waals surface area contributed by atoms with Gasteiger partial charge < -0.3 is 24.6 Å². The number of carbonyl (C=O) groups excluding carboxylic acids is 2. The maximum Gasteiger partial charge on any atom is 0.295 e. The van der Waals surface area contributed by atoms with Gasteiger partial charge in [-0.25, -0.2) is 0 Å². The summed E-state index contributed by atoms with van der Waals surface area (Å²) >= 11 is 5.92. The lowest BCUT2D eigenvalue weighted by Gasteiger charge is -2.25. The summed E-state index contributed by atoms with van der Waals surface area (Å²) in [5.41, 5.74) is 0.856. The van der Waals surface area contributed by atoms with Crippen LogP contribution in [0, 0.1) is 0 Å². The first kappa shape index (κ1) is 21.7. The van der Waals surface area contributed by atoms with Gasteiger partial charge in [-0.2, -0.15) is 0 Å². The molecular weight excluding hydrogens is 410 g/mol. The van der Waals surface area contributed by atoms with Crippen molar-refractivity contribution in [2.45, 2.75) is 12.5 Å². The highest BCUT2D eigenvalue weighted by Gasteiger charge is 2.46. The van der Waals surface area contributed by atoms with Crippen molar-refractivity contribution in [1.29, 1.82) is 0 Å². The third-order valence-electron chi connectivity index (χ3n) is 4.92. The maximum atomic E-state index is 12.9. The van der Waals surface area contributed by atoms with Gasteiger partial charge >= 0.3 is 0 Å². The van der Waals surface area contributed by atoms with Crippen molar-refractivity contribution in [1.82, 2.24) is 4.90 Å². The second kappa shape index (κ2) is 9.19. The largest absolute Gasteiger partial charge is 0.507 e. The molecule has 0 radical (unpaired) electrons. The smallest absolute Gasteiger partial charge is 0.295 e. The molecule has 0 unspecified atom stereocenters. The summed E-state index contributed by atoms with van der Waals surface area (Å²) in [4.78, 5) is 27.1. The van der Waals surface area contributed by atoms with Crippen LogP contribution in [0.2, 0.25) is 5.02 Å². The molecule has 0 aliphatic carbocycles. The van der Waals surface area contributed by atoms with Crippen molar-refractivity contribution in [3.8, 4) is 11.5 Å². The fourth-order valence-corrected chi connectivity index (χ4v) is 3.59. The molecule has 2 N–H and O–H groups in total. The van der Waals surface area contributed by atoms with E-state index < -0.39 is 17.7 Å². The third-order valence-corrected chi connectivity index (χ3v) is 5.18. The normalized spacial score (nSPS) is 18.1. The van der Waals surface area contributed by atoms with E-state index in [0.29, 0.717) is 29.2 Å². The minimum absolute atomic E-state index is 0.0347. The number of hydrogen-bond acceptors (Lipinski definition) is 6. The van der Waals surface area contributed by atoms with Crippen LogP contribution in [0.3, 0.4) is 0 Å². The number of aliphatic hydroxyl groups is 1. The summed E-state index contributed by atoms with van der Waals surface area (Å²) in [6.07, 6.45) is 0.510. The zero-order chi connectivity index (χ0) is 21.8. The number of phenols is 1. The fraction of sp³-hybridized carbons (Fsp3) is 0.273. The quantitative estimate of drug-likeness (QED) is 0.301. The number of ether oxygens (including phenoxy) is 2. The minimum atomic E-state index is -0.841. The molecule has 0 saturated carbocycles. The first-order valence-electron chi connectivity index (χ1n) is 9.29. The molecule has 0 aromatic heterocycles. The van der Waals surface area contributed by atoms with E-state index in [0.717, 1.165) is 0 Å². The highest BCUT2D eigenvalue weighted by Crippen LogP contribution is 2.41. The van der Waals surface area contributed by atoms with Crippen LogP contribution in [-0.4, -0.2) is 54.2 Å². The number of hydrogen-bond donors (Lipinski definition) is 2. The van der Waals surface area contributed by atoms with E-state index in [-0.39, 0.29) is 29.4 Å². The molecule has 1 heterocycles. The number of amides is 1. The molecule has 158 valence electrons. The molecule has 1 fully saturated rings. The number of carbonyl (C=O) groups is 2. The molecule has 0 bridgehead atoms. The van der Waals surface area contributed by atoms with Crippen molar-refractivity contribution in [3.05, 3.63) is 64.2 Å². The Hall–Kier alpha value is -3.03. The van der Waals surface area contributed by atoms with Crippen LogP contribution < -0.4 is 4.74 Å². The number of benzene rings is 2. The number of aliphatic hydroxyl groups excluding tert-OH is 1. The van der Waals surface area contributed by atoms with Gasteiger partial charge in [0.05, 0.1) is 18.7 Å². The van der Waals surface area contributed by atoms with E-state index in [9.17, 15) is 19.8 Å². The van der Waals surface area contributed by atoms with Gasteiger partial charge in [-0.05, 0) is 48.4 Å². The van der Waals surface area contributed by atoms with Gasteiger partial charge in [0.15, 0.2) is 11.5 Å². The van der Waals surface area contributed by atoms with Gasteiger partial charge in [0.2, 0.25) is 0 Å². The third kappa shape index (κ3) is 4.13. The first-order chi connectivity index (χ1) is 14.4. The number of rotatable bonds is 7. The van der Waals surface area contributed by atoms with Crippen LogP contribution in [0.25, 0.3) is 5.76 Å². The molecule has 1 aliphatic rings. The molecule has 1 atom stereocenters. The zero-order valence-corrected chi connectivity index (χ0v) is 17.3. The Kier molecular flexibility index (Phi) is 6.64. The Morgan fingerprint density at radius 2 is 1.83 bits per heavy atom. The summed E-state index contributed by atoms with van der Waals surface area (Å²) < 4.78 is 10.2. The fourth-order valence-electron chi connectivity index (χ4n) is 3.46. The Morgan fingerprint density at radius 3 is 2.47 bits per heavy atom. The topological polar surface area (TPSA) is 96.3 Å². The number of ketones is 1. The lowest BCUT2D eigenvalue weighted by atomic mass is 9.95. The molecule has 30 heavy (non-hydrogen) atoms. The van der Waals surface area contributed by atoms with Crippen LogP contribution in [0.5, 0.6) is 11.5 Å². The Morgan fingerprint density at radius 1 is 1.13 bits per heavy atom. The molecule has 2 aromatic rings. The van der Waals surface area contributed by atoms with E-state index in [1.165, 1.54) is 18.1 Å². The van der Waals surface area contributed by atoms with Crippen LogP contribution >= 0.6 is 11.6 Å². The molecule has 1 amide bonds. The Balaban J connectivity index is 2.15. The lowest BCUT2D eigenvalue weighted by molar-refractivity contribution is -0.140. The predicted octanol–water partition coefficient (Wildman–Crippen LogP) is 3.51. The standard InChI is InChI=1S/C22H22ClNO6/c1-29-11-3-10-24-19(14-6-9-16(25)17(12-14)30-2)18(21(27)22(24)28)20(26)13-4-7-15(23)8-5-13/h4-9,12,19,25-26H,3,10-11H2,1-2H3/b20-18+/t19-/m1/s1. The second-order valence-electron chi connectivity index (χ2n) is 6.78. The van der Waals surface area contributed by atoms with Gasteiger partial charge in [-0.1, -0.05) is 17.7 Å². The van der Waals surface area contributed by atoms with Gasteiger partial charge in [-0.15, -0.1) is 0 Å². The SMILES string of the molecule is COCCCN1C(=O)C(=O)/C(=C(/O)c2ccc(Cl)cc2)[C@H]1c1ccc(O)c(OC)c1. The van der Waals surface area contributed by atoms with Crippen LogP contribution in [0.15, 0.2) is 48.0 Å². The van der Waals surface area contributed by atoms with E-state index in [1.807, 2.05) is 0 Å². The molecule has 1 aliphatic heterocycles. The molecule has 3 rings (SSSR count). The Bertz CT molecular complexity index is 986. The number of methoxy groups -OCH3 is 2. The number of phenolic OH excluding ortho intramolecular Hbond substituents is 1. The van der Waals surface area contributed by atoms with Gasteiger partial charge in [-0.3, -0.25) is 9.59 Å². The molecule has 1 saturated heterocycles. The number of aromatic hydroxyl groups is 1. The maximum absolute atomic E-state index is 12.9. The van der Waals surface area contributed by atoms with Crippen molar-refractivity contribution in [3.63, 3.8) is 0 Å². The Labute approximate surface area is 179 Å². The van der Waals surface area contributed by atoms with E-state index in [2.05, 4.69) is 0 Å². The minimum Gasteiger partial charge on any atom is -0.507 e. The summed E-state index contributed by atoms with van der Waals surface area (Å²) in [5.74, 6) is -1.66. The van der Waals surface area contributed by atoms with Crippen molar-refractivity contribution in [2.24, 2.45) is 0 Å². The van der Waals surface area contributed by atoms with Gasteiger partial charge in [0.25, 0.3) is 11.7 Å². The van der Waals surface area contributed by atoms with Gasteiger partial charge in [0.1, 0.15) is 5.76 Å². The van der Waals surface area contributed by atoms with Crippen molar-refractivity contribution >= 4 is 29.1 Å². The first-order valence-corrected chi connectivity index (χ1v) is 9.67. The summed E-state index contributed by atoms with van der Waals surface area (Å²) in [6.45, 7) is 0.662. The summed E-state index contributed by atoms with van der Waals surface area (Å²) in [5, 5.41) is 21.3. The van der Waals surface area contributed by atoms with Crippen LogP contribution in [0.4, 0.5) is 0 Å². The highest BCUT2D eigenvalue weighted by molar-refractivity contribution is 6.46. The average Bonchev–Trinajstić information content (AvgIpc) is 2.99. The van der Waals surface area contributed by atoms with Crippen LogP contribution in [0.1, 0.15) is 23.6 Å². The highest BCUT2D eigenvalue weighted by atomic mass is 35.5. The molecular formula is C22H22ClNO6. The van der Waals surface area contributed by atoms with Crippen LogP contribution in [-0.2, 0) is 14.3 Å². The zero-order valence-electron chi connectivity index (χ0n) is 16.6. The van der Waals surface area contributed by atoms with Crippen molar-refractivity contribution in [2.75, 3.05) is 27.4 Å².